The maximum Gasteiger partial charge on any atom is 0.337 e. The topological polar surface area (TPSA) is 63.6 Å². The molecule has 104 valence electrons. The van der Waals surface area contributed by atoms with Crippen LogP contribution in [0, 0.1) is 16.7 Å². The van der Waals surface area contributed by atoms with Gasteiger partial charge in [0, 0.05) is 28.9 Å². The molecule has 3 atom stereocenters. The van der Waals surface area contributed by atoms with Crippen LogP contribution >= 0.6 is 0 Å². The standard InChI is InChI=1S/C15H20O4/c1-14(2)5-4-6-15(3)10-8(7-9(16)11(14)15)12(17)19-13(10)18/h11-12,17H,4-7H2,1-3H3/t11-,12?,15+/m0/s1. The summed E-state index contributed by atoms with van der Waals surface area (Å²) in [6, 6.07) is 0. The largest absolute Gasteiger partial charge is 0.428 e. The number of aliphatic hydroxyl groups excluding tert-OH is 1. The summed E-state index contributed by atoms with van der Waals surface area (Å²) in [5, 5.41) is 9.79. The fraction of sp³-hybridized carbons (Fsp3) is 0.733. The second-order valence-electron chi connectivity index (χ2n) is 6.99. The number of ketones is 1. The van der Waals surface area contributed by atoms with Gasteiger partial charge in [-0.2, -0.15) is 0 Å². The summed E-state index contributed by atoms with van der Waals surface area (Å²) >= 11 is 0. The number of aliphatic hydroxyl groups is 1. The first kappa shape index (κ1) is 12.9. The van der Waals surface area contributed by atoms with E-state index in [1.807, 2.05) is 6.92 Å². The van der Waals surface area contributed by atoms with E-state index in [9.17, 15) is 14.7 Å². The summed E-state index contributed by atoms with van der Waals surface area (Å²) in [6.45, 7) is 6.20. The first-order valence-corrected chi connectivity index (χ1v) is 6.93. The van der Waals surface area contributed by atoms with Gasteiger partial charge in [0.2, 0.25) is 6.29 Å². The minimum Gasteiger partial charge on any atom is -0.428 e. The number of hydrogen-bond donors (Lipinski definition) is 1. The molecule has 0 aromatic carbocycles. The molecule has 3 rings (SSSR count). The SMILES string of the molecule is CC1(C)CCC[C@]2(C)C3=C(CC(=O)[C@@H]12)C(O)OC3=O. The van der Waals surface area contributed by atoms with Gasteiger partial charge in [0.15, 0.2) is 0 Å². The molecule has 1 heterocycles. The molecule has 1 N–H and O–H groups in total. The zero-order valence-electron chi connectivity index (χ0n) is 11.7. The Balaban J connectivity index is 2.18. The van der Waals surface area contributed by atoms with Crippen LogP contribution in [-0.4, -0.2) is 23.1 Å². The third-order valence-corrected chi connectivity index (χ3v) is 5.24. The lowest BCUT2D eigenvalue weighted by molar-refractivity contribution is -0.153. The second kappa shape index (κ2) is 3.69. The number of carbonyl (C=O) groups is 2. The highest BCUT2D eigenvalue weighted by Crippen LogP contribution is 2.59. The van der Waals surface area contributed by atoms with Crippen LogP contribution in [0.2, 0.25) is 0 Å². The molecule has 0 amide bonds. The normalized spacial score (nSPS) is 40.8. The molecule has 4 nitrogen and oxygen atoms in total. The number of cyclic esters (lactones) is 1. The molecule has 2 aliphatic carbocycles. The number of esters is 1. The van der Waals surface area contributed by atoms with Gasteiger partial charge in [-0.25, -0.2) is 4.79 Å². The predicted octanol–water partition coefficient (Wildman–Crippen LogP) is 1.96. The van der Waals surface area contributed by atoms with Gasteiger partial charge in [0.1, 0.15) is 5.78 Å². The molecule has 1 unspecified atom stereocenters. The lowest BCUT2D eigenvalue weighted by atomic mass is 9.50. The van der Waals surface area contributed by atoms with E-state index in [0.717, 1.165) is 19.3 Å². The summed E-state index contributed by atoms with van der Waals surface area (Å²) in [7, 11) is 0. The van der Waals surface area contributed by atoms with E-state index in [0.29, 0.717) is 11.1 Å². The number of Topliss-reactive ketones (excluding diaryl/α,β-unsaturated/α-hetero) is 1. The Morgan fingerprint density at radius 3 is 2.58 bits per heavy atom. The van der Waals surface area contributed by atoms with Crippen molar-refractivity contribution in [3.8, 4) is 0 Å². The minimum absolute atomic E-state index is 0.101. The van der Waals surface area contributed by atoms with Crippen molar-refractivity contribution >= 4 is 11.8 Å². The Morgan fingerprint density at radius 1 is 1.21 bits per heavy atom. The van der Waals surface area contributed by atoms with Gasteiger partial charge in [0.25, 0.3) is 0 Å². The zero-order chi connectivity index (χ0) is 14.0. The smallest absolute Gasteiger partial charge is 0.337 e. The molecule has 3 aliphatic rings. The average Bonchev–Trinajstić information content (AvgIpc) is 2.52. The molecule has 0 aromatic heterocycles. The number of fused-ring (bicyclic) bond motifs is 2. The fourth-order valence-electron chi connectivity index (χ4n) is 4.67. The highest BCUT2D eigenvalue weighted by atomic mass is 16.6. The van der Waals surface area contributed by atoms with Crippen LogP contribution in [0.1, 0.15) is 46.5 Å². The van der Waals surface area contributed by atoms with Crippen LogP contribution in [0.4, 0.5) is 0 Å². The van der Waals surface area contributed by atoms with Crippen molar-refractivity contribution in [3.63, 3.8) is 0 Å². The van der Waals surface area contributed by atoms with Crippen LogP contribution in [0.5, 0.6) is 0 Å². The number of rotatable bonds is 0. The van der Waals surface area contributed by atoms with Crippen molar-refractivity contribution < 1.29 is 19.4 Å². The van der Waals surface area contributed by atoms with Crippen molar-refractivity contribution in [2.45, 2.75) is 52.7 Å². The third kappa shape index (κ3) is 1.55. The molecular weight excluding hydrogens is 244 g/mol. The predicted molar refractivity (Wildman–Crippen MR) is 68.0 cm³/mol. The van der Waals surface area contributed by atoms with Crippen molar-refractivity contribution in [2.75, 3.05) is 0 Å². The van der Waals surface area contributed by atoms with Gasteiger partial charge in [-0.15, -0.1) is 0 Å². The summed E-state index contributed by atoms with van der Waals surface area (Å²) in [6.07, 6.45) is 1.75. The molecule has 0 spiro atoms. The number of carbonyl (C=O) groups excluding carboxylic acids is 2. The van der Waals surface area contributed by atoms with E-state index in [4.69, 9.17) is 4.74 Å². The summed E-state index contributed by atoms with van der Waals surface area (Å²) in [4.78, 5) is 24.6. The molecule has 0 aromatic rings. The van der Waals surface area contributed by atoms with E-state index in [1.165, 1.54) is 0 Å². The molecule has 1 saturated carbocycles. The lowest BCUT2D eigenvalue weighted by Gasteiger charge is -2.52. The summed E-state index contributed by atoms with van der Waals surface area (Å²) in [5.41, 5.74) is 0.515. The number of ether oxygens (including phenoxy) is 1. The van der Waals surface area contributed by atoms with E-state index < -0.39 is 17.7 Å². The Kier molecular flexibility index (Phi) is 2.50. The van der Waals surface area contributed by atoms with Crippen molar-refractivity contribution in [1.82, 2.24) is 0 Å². The molecular formula is C15H20O4. The number of hydrogen-bond acceptors (Lipinski definition) is 4. The van der Waals surface area contributed by atoms with Crippen LogP contribution in [0.3, 0.4) is 0 Å². The maximum absolute atomic E-state index is 12.5. The molecule has 4 heteroatoms. The minimum atomic E-state index is -1.21. The summed E-state index contributed by atoms with van der Waals surface area (Å²) in [5.74, 6) is -0.436. The molecule has 1 fully saturated rings. The van der Waals surface area contributed by atoms with Gasteiger partial charge in [-0.3, -0.25) is 4.79 Å². The van der Waals surface area contributed by atoms with Crippen LogP contribution in [0.15, 0.2) is 11.1 Å². The van der Waals surface area contributed by atoms with Crippen LogP contribution < -0.4 is 0 Å². The maximum atomic E-state index is 12.5. The molecule has 0 bridgehead atoms. The Labute approximate surface area is 112 Å². The van der Waals surface area contributed by atoms with Gasteiger partial charge in [-0.1, -0.05) is 27.2 Å². The average molecular weight is 264 g/mol. The Bertz CT molecular complexity index is 502. The van der Waals surface area contributed by atoms with Crippen molar-refractivity contribution in [3.05, 3.63) is 11.1 Å². The molecule has 0 saturated heterocycles. The highest BCUT2D eigenvalue weighted by Gasteiger charge is 2.59. The quantitative estimate of drug-likeness (QED) is 0.679. The first-order valence-electron chi connectivity index (χ1n) is 6.93. The van der Waals surface area contributed by atoms with E-state index in [2.05, 4.69) is 13.8 Å². The van der Waals surface area contributed by atoms with E-state index in [-0.39, 0.29) is 23.5 Å². The van der Waals surface area contributed by atoms with Gasteiger partial charge in [0.05, 0.1) is 0 Å². The van der Waals surface area contributed by atoms with Gasteiger partial charge >= 0.3 is 5.97 Å². The van der Waals surface area contributed by atoms with Crippen LogP contribution in [0.25, 0.3) is 0 Å². The van der Waals surface area contributed by atoms with Crippen molar-refractivity contribution in [2.24, 2.45) is 16.7 Å². The first-order chi connectivity index (χ1) is 8.77. The second-order valence-corrected chi connectivity index (χ2v) is 6.99. The lowest BCUT2D eigenvalue weighted by Crippen LogP contribution is -2.51. The van der Waals surface area contributed by atoms with Gasteiger partial charge in [-0.05, 0) is 18.3 Å². The zero-order valence-corrected chi connectivity index (χ0v) is 11.7. The third-order valence-electron chi connectivity index (χ3n) is 5.24. The van der Waals surface area contributed by atoms with Crippen LogP contribution in [-0.2, 0) is 14.3 Å². The van der Waals surface area contributed by atoms with Crippen molar-refractivity contribution in [1.29, 1.82) is 0 Å². The highest BCUT2D eigenvalue weighted by molar-refractivity contribution is 6.00. The monoisotopic (exact) mass is 264 g/mol. The van der Waals surface area contributed by atoms with E-state index >= 15 is 0 Å². The molecule has 1 aliphatic heterocycles. The van der Waals surface area contributed by atoms with E-state index in [1.54, 1.807) is 0 Å². The Morgan fingerprint density at radius 2 is 1.89 bits per heavy atom. The fourth-order valence-corrected chi connectivity index (χ4v) is 4.67. The van der Waals surface area contributed by atoms with Gasteiger partial charge < -0.3 is 9.84 Å². The molecule has 19 heavy (non-hydrogen) atoms. The summed E-state index contributed by atoms with van der Waals surface area (Å²) < 4.78 is 4.93. The molecule has 0 radical (unpaired) electrons. The Hall–Kier alpha value is -1.16.